The fourth-order valence-corrected chi connectivity index (χ4v) is 7.45. The smallest absolute Gasteiger partial charge is 0.319 e. The molecule has 160 valence electrons. The zero-order valence-corrected chi connectivity index (χ0v) is 17.9. The van der Waals surface area contributed by atoms with E-state index in [1.807, 2.05) is 42.5 Å². The number of hydrogen-bond acceptors (Lipinski definition) is 3. The highest BCUT2D eigenvalue weighted by Crippen LogP contribution is 2.60. The highest BCUT2D eigenvalue weighted by atomic mass is 16.2. The van der Waals surface area contributed by atoms with Crippen molar-refractivity contribution in [2.45, 2.75) is 51.0 Å². The van der Waals surface area contributed by atoms with Gasteiger partial charge in [-0.05, 0) is 79.5 Å². The molecule has 2 aromatic carbocycles. The number of rotatable bonds is 4. The number of imide groups is 1. The van der Waals surface area contributed by atoms with Crippen molar-refractivity contribution in [3.63, 3.8) is 0 Å². The van der Waals surface area contributed by atoms with E-state index in [9.17, 15) is 14.4 Å². The number of nitrogens with zero attached hydrogens (tertiary/aromatic N) is 1. The van der Waals surface area contributed by atoms with Gasteiger partial charge in [-0.2, -0.15) is 0 Å². The molecule has 5 aliphatic rings. The lowest BCUT2D eigenvalue weighted by atomic mass is 9.48. The minimum absolute atomic E-state index is 0.0947. The summed E-state index contributed by atoms with van der Waals surface area (Å²) in [5, 5.41) is 4.86. The van der Waals surface area contributed by atoms with E-state index in [0.29, 0.717) is 17.8 Å². The molecule has 31 heavy (non-hydrogen) atoms. The van der Waals surface area contributed by atoms with E-state index < -0.39 is 11.6 Å². The number of hydrogen-bond donors (Lipinski definition) is 1. The van der Waals surface area contributed by atoms with Crippen LogP contribution >= 0.6 is 0 Å². The van der Waals surface area contributed by atoms with Crippen molar-refractivity contribution in [3.8, 4) is 0 Å². The second-order valence-corrected chi connectivity index (χ2v) is 10.6. The highest BCUT2D eigenvalue weighted by Gasteiger charge is 2.56. The molecule has 0 spiro atoms. The summed E-state index contributed by atoms with van der Waals surface area (Å²) >= 11 is 0. The van der Waals surface area contributed by atoms with E-state index in [0.717, 1.165) is 35.6 Å². The Morgan fingerprint density at radius 2 is 1.58 bits per heavy atom. The van der Waals surface area contributed by atoms with Gasteiger partial charge < -0.3 is 5.32 Å². The highest BCUT2D eigenvalue weighted by molar-refractivity contribution is 6.11. The molecular formula is C26H28N2O3. The van der Waals surface area contributed by atoms with Crippen LogP contribution in [0.1, 0.15) is 51.0 Å². The zero-order chi connectivity index (χ0) is 21.4. The summed E-state index contributed by atoms with van der Waals surface area (Å²) in [7, 11) is 0. The van der Waals surface area contributed by atoms with Gasteiger partial charge in [-0.3, -0.25) is 14.5 Å². The summed E-state index contributed by atoms with van der Waals surface area (Å²) in [4.78, 5) is 41.1. The summed E-state index contributed by atoms with van der Waals surface area (Å²) in [6, 6.07) is 13.2. The third-order valence-corrected chi connectivity index (χ3v) is 8.53. The molecule has 0 radical (unpaired) electrons. The summed E-state index contributed by atoms with van der Waals surface area (Å²) in [6.07, 6.45) is 6.62. The Kier molecular flexibility index (Phi) is 3.93. The molecule has 1 atom stereocenters. The first-order chi connectivity index (χ1) is 14.9. The molecule has 1 N–H and O–H groups in total. The number of nitrogens with one attached hydrogen (secondary N) is 1. The Morgan fingerprint density at radius 1 is 0.968 bits per heavy atom. The first-order valence-corrected chi connectivity index (χ1v) is 11.5. The number of fused-ring (bicyclic) bond motifs is 1. The molecule has 1 unspecified atom stereocenters. The Morgan fingerprint density at radius 3 is 2.26 bits per heavy atom. The molecular weight excluding hydrogens is 388 g/mol. The number of amides is 3. The number of urea groups is 1. The second-order valence-electron chi connectivity index (χ2n) is 10.6. The molecule has 1 heterocycles. The number of Topliss-reactive ketones (excluding diaryl/α,β-unsaturated/α-hetero) is 1. The predicted octanol–water partition coefficient (Wildman–Crippen LogP) is 4.39. The number of ketones is 1. The van der Waals surface area contributed by atoms with Gasteiger partial charge in [-0.15, -0.1) is 0 Å². The average Bonchev–Trinajstić information content (AvgIpc) is 2.96. The van der Waals surface area contributed by atoms with E-state index in [2.05, 4.69) is 5.32 Å². The van der Waals surface area contributed by atoms with Crippen LogP contribution in [0.15, 0.2) is 42.5 Å². The third kappa shape index (κ3) is 2.71. The van der Waals surface area contributed by atoms with Crippen molar-refractivity contribution in [1.82, 2.24) is 10.2 Å². The van der Waals surface area contributed by atoms with Crippen LogP contribution < -0.4 is 5.32 Å². The molecule has 4 saturated carbocycles. The summed E-state index contributed by atoms with van der Waals surface area (Å²) < 4.78 is 0. The van der Waals surface area contributed by atoms with Crippen molar-refractivity contribution >= 4 is 28.5 Å². The standard InChI is InChI=1S/C26H28N2O3/c1-25(21-8-4-6-19-5-2-3-7-20(19)21)23(30)28(24(31)27-25)15-22(29)26-12-16-9-17(13-26)11-18(10-16)14-26/h2-8,16-18H,9-15H2,1H3,(H,27,31). The lowest BCUT2D eigenvalue weighted by molar-refractivity contribution is -0.147. The normalized spacial score (nSPS) is 36.3. The van der Waals surface area contributed by atoms with Crippen molar-refractivity contribution in [2.75, 3.05) is 6.54 Å². The quantitative estimate of drug-likeness (QED) is 0.752. The van der Waals surface area contributed by atoms with Gasteiger partial charge in [0.05, 0.1) is 6.54 Å². The zero-order valence-electron chi connectivity index (χ0n) is 17.9. The monoisotopic (exact) mass is 416 g/mol. The van der Waals surface area contributed by atoms with Gasteiger partial charge in [0, 0.05) is 5.41 Å². The molecule has 5 fully saturated rings. The van der Waals surface area contributed by atoms with Crippen molar-refractivity contribution in [1.29, 1.82) is 0 Å². The van der Waals surface area contributed by atoms with Gasteiger partial charge in [0.15, 0.2) is 5.78 Å². The van der Waals surface area contributed by atoms with Gasteiger partial charge in [-0.25, -0.2) is 4.79 Å². The lowest BCUT2D eigenvalue weighted by Crippen LogP contribution is -2.53. The van der Waals surface area contributed by atoms with Crippen LogP contribution in [0.3, 0.4) is 0 Å². The Balaban J connectivity index is 1.29. The van der Waals surface area contributed by atoms with Crippen LogP contribution in [0.5, 0.6) is 0 Å². The number of carbonyl (C=O) groups is 3. The third-order valence-electron chi connectivity index (χ3n) is 8.53. The van der Waals surface area contributed by atoms with Crippen LogP contribution in [0.2, 0.25) is 0 Å². The van der Waals surface area contributed by atoms with Crippen molar-refractivity contribution in [2.24, 2.45) is 23.2 Å². The van der Waals surface area contributed by atoms with E-state index >= 15 is 0 Å². The van der Waals surface area contributed by atoms with Crippen LogP contribution in [-0.4, -0.2) is 29.2 Å². The Labute approximate surface area is 182 Å². The van der Waals surface area contributed by atoms with Crippen molar-refractivity contribution in [3.05, 3.63) is 48.0 Å². The maximum Gasteiger partial charge on any atom is 0.325 e. The first-order valence-electron chi connectivity index (χ1n) is 11.5. The van der Waals surface area contributed by atoms with Gasteiger partial charge in [0.2, 0.25) is 0 Å². The molecule has 1 saturated heterocycles. The molecule has 3 amide bonds. The maximum absolute atomic E-state index is 13.5. The van der Waals surface area contributed by atoms with Gasteiger partial charge in [0.25, 0.3) is 5.91 Å². The van der Waals surface area contributed by atoms with E-state index in [1.165, 1.54) is 24.2 Å². The first kappa shape index (κ1) is 19.0. The second kappa shape index (κ2) is 6.41. The van der Waals surface area contributed by atoms with Crippen LogP contribution in [0.25, 0.3) is 10.8 Å². The molecule has 5 heteroatoms. The fraction of sp³-hybridized carbons (Fsp3) is 0.500. The van der Waals surface area contributed by atoms with Gasteiger partial charge in [0.1, 0.15) is 5.54 Å². The Hall–Kier alpha value is -2.69. The molecule has 5 nitrogen and oxygen atoms in total. The molecule has 1 aliphatic heterocycles. The van der Waals surface area contributed by atoms with Gasteiger partial charge in [-0.1, -0.05) is 42.5 Å². The number of carbonyl (C=O) groups excluding carboxylic acids is 3. The van der Waals surface area contributed by atoms with Crippen LogP contribution in [-0.2, 0) is 15.1 Å². The van der Waals surface area contributed by atoms with Crippen LogP contribution in [0.4, 0.5) is 4.79 Å². The summed E-state index contributed by atoms with van der Waals surface area (Å²) in [5.74, 6) is 1.72. The Bertz CT molecular complexity index is 1080. The minimum atomic E-state index is -1.17. The van der Waals surface area contributed by atoms with E-state index in [1.54, 1.807) is 6.92 Å². The fourth-order valence-electron chi connectivity index (χ4n) is 7.45. The summed E-state index contributed by atoms with van der Waals surface area (Å²) in [5.41, 5.74) is -0.707. The molecule has 0 aromatic heterocycles. The predicted molar refractivity (Wildman–Crippen MR) is 117 cm³/mol. The largest absolute Gasteiger partial charge is 0.325 e. The van der Waals surface area contributed by atoms with Gasteiger partial charge >= 0.3 is 6.03 Å². The van der Waals surface area contributed by atoms with Crippen LogP contribution in [0, 0.1) is 23.2 Å². The van der Waals surface area contributed by atoms with Crippen molar-refractivity contribution < 1.29 is 14.4 Å². The molecule has 2 aromatic rings. The SMILES string of the molecule is CC1(c2cccc3ccccc23)NC(=O)N(CC(=O)C23CC4CC(CC(C4)C2)C3)C1=O. The summed E-state index contributed by atoms with van der Waals surface area (Å²) in [6.45, 7) is 1.65. The topological polar surface area (TPSA) is 66.5 Å². The van der Waals surface area contributed by atoms with E-state index in [4.69, 9.17) is 0 Å². The molecule has 4 bridgehead atoms. The number of benzene rings is 2. The lowest BCUT2D eigenvalue weighted by Gasteiger charge is -2.56. The molecule has 7 rings (SSSR count). The maximum atomic E-state index is 13.5. The van der Waals surface area contributed by atoms with E-state index in [-0.39, 0.29) is 23.7 Å². The average molecular weight is 417 g/mol. The minimum Gasteiger partial charge on any atom is -0.319 e. The molecule has 4 aliphatic carbocycles.